The van der Waals surface area contributed by atoms with Crippen molar-refractivity contribution in [2.45, 2.75) is 25.4 Å². The Morgan fingerprint density at radius 2 is 1.79 bits per heavy atom. The monoisotopic (exact) mass is 463 g/mol. The number of rotatable bonds is 3. The van der Waals surface area contributed by atoms with Gasteiger partial charge < -0.3 is 20.9 Å². The predicted octanol–water partition coefficient (Wildman–Crippen LogP) is 3.83. The number of piperidine rings is 1. The number of anilines is 2. The van der Waals surface area contributed by atoms with Crippen LogP contribution < -0.4 is 21.3 Å². The Labute approximate surface area is 195 Å². The minimum absolute atomic E-state index is 0.0959. The number of thiophene rings is 1. The van der Waals surface area contributed by atoms with E-state index in [9.17, 15) is 14.4 Å². The number of hydrogen-bond donors (Lipinski definition) is 4. The summed E-state index contributed by atoms with van der Waals surface area (Å²) in [6, 6.07) is 14.8. The molecular weight excluding hydrogens is 438 g/mol. The number of carbonyl (C=O) groups is 3. The minimum Gasteiger partial charge on any atom is -0.362 e. The van der Waals surface area contributed by atoms with Crippen LogP contribution in [-0.2, 0) is 0 Å². The molecule has 1 fully saturated rings. The first-order chi connectivity index (χ1) is 16.0. The van der Waals surface area contributed by atoms with E-state index in [1.54, 1.807) is 11.0 Å². The molecule has 9 heteroatoms. The second-order valence-electron chi connectivity index (χ2n) is 8.29. The van der Waals surface area contributed by atoms with Crippen molar-refractivity contribution in [3.63, 3.8) is 0 Å². The average molecular weight is 464 g/mol. The van der Waals surface area contributed by atoms with Crippen molar-refractivity contribution >= 4 is 50.0 Å². The molecule has 3 aromatic rings. The molecule has 4 N–H and O–H groups in total. The summed E-state index contributed by atoms with van der Waals surface area (Å²) < 4.78 is 0.943. The molecule has 2 aliphatic rings. The van der Waals surface area contributed by atoms with Crippen LogP contribution in [0.4, 0.5) is 15.5 Å². The van der Waals surface area contributed by atoms with Crippen LogP contribution in [0.5, 0.6) is 0 Å². The average Bonchev–Trinajstić information content (AvgIpc) is 3.17. The lowest BCUT2D eigenvalue weighted by atomic mass is 9.92. The first-order valence-electron chi connectivity index (χ1n) is 11.0. The number of hydrogen-bond acceptors (Lipinski definition) is 5. The van der Waals surface area contributed by atoms with Crippen LogP contribution in [0.25, 0.3) is 10.1 Å². The summed E-state index contributed by atoms with van der Waals surface area (Å²) in [4.78, 5) is 40.2. The third kappa shape index (κ3) is 3.89. The van der Waals surface area contributed by atoms with E-state index in [1.807, 2.05) is 49.4 Å². The number of para-hydroxylation sites is 1. The van der Waals surface area contributed by atoms with Gasteiger partial charge in [0.2, 0.25) is 0 Å². The van der Waals surface area contributed by atoms with Gasteiger partial charge in [-0.1, -0.05) is 30.3 Å². The summed E-state index contributed by atoms with van der Waals surface area (Å²) in [5.74, 6) is -0.210. The standard InChI is InChI=1S/C24H25N5O3S/c1-2-25-23(32)26-21-19(16-8-4-6-10-18(16)33-21)22(31)29-13-11-24(12-14-29)27-17-9-5-3-7-15(17)20(30)28-24/h3-10,27H,2,11-14H2,1H3,(H,28,30)(H2,25,26,32). The predicted molar refractivity (Wildman–Crippen MR) is 130 cm³/mol. The first kappa shape index (κ1) is 21.3. The van der Waals surface area contributed by atoms with E-state index in [4.69, 9.17) is 0 Å². The van der Waals surface area contributed by atoms with Gasteiger partial charge in [0.05, 0.1) is 11.1 Å². The summed E-state index contributed by atoms with van der Waals surface area (Å²) in [7, 11) is 0. The molecule has 0 saturated carbocycles. The maximum Gasteiger partial charge on any atom is 0.319 e. The van der Waals surface area contributed by atoms with E-state index >= 15 is 0 Å². The molecule has 1 aromatic heterocycles. The van der Waals surface area contributed by atoms with E-state index < -0.39 is 5.66 Å². The van der Waals surface area contributed by atoms with Crippen LogP contribution in [-0.4, -0.2) is 48.0 Å². The van der Waals surface area contributed by atoms with E-state index in [-0.39, 0.29) is 17.8 Å². The third-order valence-electron chi connectivity index (χ3n) is 6.18. The van der Waals surface area contributed by atoms with Gasteiger partial charge in [-0.2, -0.15) is 0 Å². The zero-order valence-corrected chi connectivity index (χ0v) is 19.1. The molecule has 1 spiro atoms. The molecule has 8 nitrogen and oxygen atoms in total. The highest BCUT2D eigenvalue weighted by Gasteiger charge is 2.41. The summed E-state index contributed by atoms with van der Waals surface area (Å²) in [6.45, 7) is 3.31. The maximum absolute atomic E-state index is 13.6. The Bertz CT molecular complexity index is 1250. The van der Waals surface area contributed by atoms with Crippen LogP contribution in [0.2, 0.25) is 0 Å². The lowest BCUT2D eigenvalue weighted by molar-refractivity contribution is 0.0642. The van der Waals surface area contributed by atoms with Crippen molar-refractivity contribution in [3.05, 3.63) is 59.7 Å². The summed E-state index contributed by atoms with van der Waals surface area (Å²) in [5, 5.41) is 13.5. The molecule has 2 aliphatic heterocycles. The molecule has 170 valence electrons. The van der Waals surface area contributed by atoms with Gasteiger partial charge in [0.15, 0.2) is 0 Å². The van der Waals surface area contributed by atoms with Gasteiger partial charge in [-0.15, -0.1) is 11.3 Å². The number of nitrogens with zero attached hydrogens (tertiary/aromatic N) is 1. The fourth-order valence-electron chi connectivity index (χ4n) is 4.52. The lowest BCUT2D eigenvalue weighted by Gasteiger charge is -2.45. The molecule has 5 rings (SSSR count). The number of urea groups is 1. The van der Waals surface area contributed by atoms with Gasteiger partial charge in [-0.05, 0) is 25.1 Å². The second-order valence-corrected chi connectivity index (χ2v) is 9.34. The van der Waals surface area contributed by atoms with Crippen molar-refractivity contribution in [2.24, 2.45) is 0 Å². The number of carbonyl (C=O) groups excluding carboxylic acids is 3. The highest BCUT2D eigenvalue weighted by Crippen LogP contribution is 2.38. The Kier molecular flexibility index (Phi) is 5.41. The van der Waals surface area contributed by atoms with Crippen molar-refractivity contribution in [1.82, 2.24) is 15.5 Å². The smallest absolute Gasteiger partial charge is 0.319 e. The van der Waals surface area contributed by atoms with Crippen LogP contribution in [0, 0.1) is 0 Å². The van der Waals surface area contributed by atoms with Crippen molar-refractivity contribution < 1.29 is 14.4 Å². The van der Waals surface area contributed by atoms with E-state index in [2.05, 4.69) is 21.3 Å². The maximum atomic E-state index is 13.6. The van der Waals surface area contributed by atoms with E-state index in [0.717, 1.165) is 15.8 Å². The van der Waals surface area contributed by atoms with Crippen LogP contribution >= 0.6 is 11.3 Å². The summed E-state index contributed by atoms with van der Waals surface area (Å²) >= 11 is 1.40. The van der Waals surface area contributed by atoms with Crippen molar-refractivity contribution in [3.8, 4) is 0 Å². The molecule has 33 heavy (non-hydrogen) atoms. The molecular formula is C24H25N5O3S. The van der Waals surface area contributed by atoms with E-state index in [0.29, 0.717) is 48.6 Å². The molecule has 3 heterocycles. The van der Waals surface area contributed by atoms with Crippen LogP contribution in [0.15, 0.2) is 48.5 Å². The number of benzene rings is 2. The lowest BCUT2D eigenvalue weighted by Crippen LogP contribution is -2.62. The van der Waals surface area contributed by atoms with E-state index in [1.165, 1.54) is 11.3 Å². The van der Waals surface area contributed by atoms with Crippen LogP contribution in [0.3, 0.4) is 0 Å². The number of nitrogens with one attached hydrogen (secondary N) is 4. The first-order valence-corrected chi connectivity index (χ1v) is 11.9. The Morgan fingerprint density at radius 3 is 2.58 bits per heavy atom. The normalized spacial score (nSPS) is 16.6. The number of fused-ring (bicyclic) bond motifs is 2. The van der Waals surface area contributed by atoms with Crippen molar-refractivity contribution in [1.29, 1.82) is 0 Å². The SMILES string of the molecule is CCNC(=O)Nc1sc2ccccc2c1C(=O)N1CCC2(CC1)NC(=O)c1ccccc1N2. The minimum atomic E-state index is -0.568. The fourth-order valence-corrected chi connectivity index (χ4v) is 5.61. The quantitative estimate of drug-likeness (QED) is 0.474. The van der Waals surface area contributed by atoms with Crippen LogP contribution in [0.1, 0.15) is 40.5 Å². The number of likely N-dealkylation sites (tertiary alicyclic amines) is 1. The zero-order chi connectivity index (χ0) is 23.0. The Hall–Kier alpha value is -3.59. The Morgan fingerprint density at radius 1 is 1.06 bits per heavy atom. The molecule has 4 amide bonds. The van der Waals surface area contributed by atoms with Gasteiger partial charge >= 0.3 is 6.03 Å². The van der Waals surface area contributed by atoms with Gasteiger partial charge in [-0.3, -0.25) is 14.9 Å². The zero-order valence-electron chi connectivity index (χ0n) is 18.2. The van der Waals surface area contributed by atoms with Crippen molar-refractivity contribution in [2.75, 3.05) is 30.3 Å². The van der Waals surface area contributed by atoms with Gasteiger partial charge in [0.1, 0.15) is 10.7 Å². The highest BCUT2D eigenvalue weighted by atomic mass is 32.1. The second kappa shape index (κ2) is 8.40. The molecule has 0 unspecified atom stereocenters. The summed E-state index contributed by atoms with van der Waals surface area (Å²) in [6.07, 6.45) is 1.17. The molecule has 0 atom stereocenters. The summed E-state index contributed by atoms with van der Waals surface area (Å²) in [5.41, 5.74) is 1.40. The molecule has 1 saturated heterocycles. The highest BCUT2D eigenvalue weighted by molar-refractivity contribution is 7.23. The molecule has 0 aliphatic carbocycles. The Balaban J connectivity index is 1.37. The van der Waals surface area contributed by atoms with Gasteiger partial charge in [-0.25, -0.2) is 4.79 Å². The molecule has 0 radical (unpaired) electrons. The topological polar surface area (TPSA) is 103 Å². The van der Waals surface area contributed by atoms with Gasteiger partial charge in [0.25, 0.3) is 11.8 Å². The van der Waals surface area contributed by atoms with Gasteiger partial charge in [0, 0.05) is 48.2 Å². The fraction of sp³-hybridized carbons (Fsp3) is 0.292. The largest absolute Gasteiger partial charge is 0.362 e. The number of amides is 4. The third-order valence-corrected chi connectivity index (χ3v) is 7.26. The molecule has 2 aromatic carbocycles. The molecule has 0 bridgehead atoms.